The third-order valence-corrected chi connectivity index (χ3v) is 6.40. The van der Waals surface area contributed by atoms with E-state index in [-0.39, 0.29) is 54.6 Å². The molecule has 0 rings (SSSR count). The molecule has 5 atom stereocenters. The van der Waals surface area contributed by atoms with E-state index in [9.17, 15) is 23.2 Å². The number of rotatable bonds is 18. The molecule has 0 spiro atoms. The Labute approximate surface area is 200 Å². The molecule has 0 bridgehead atoms. The molecule has 0 aliphatic carbocycles. The molecule has 0 amide bonds. The Bertz CT molecular complexity index is 475. The summed E-state index contributed by atoms with van der Waals surface area (Å²) >= 11 is 0. The van der Waals surface area contributed by atoms with Crippen molar-refractivity contribution in [2.75, 3.05) is 13.2 Å². The van der Waals surface area contributed by atoms with Crippen molar-refractivity contribution in [2.24, 2.45) is 11.8 Å². The number of hydrogen-bond acceptors (Lipinski definition) is 7. The fourth-order valence-electron chi connectivity index (χ4n) is 3.03. The van der Waals surface area contributed by atoms with Crippen molar-refractivity contribution in [1.82, 2.24) is 0 Å². The standard InChI is InChI=1S/C20H42O7S.Na/c1-5-9-11-16(7-3)14-26-19(21)13-18(28(23,24)25)20(22)27-15-17(8-4)12-10-6-2;/h16-22H,5-15H2,1-4H3,(H,23,24,25);/q;+1/p-1. The molecule has 0 saturated carbocycles. The van der Waals surface area contributed by atoms with Gasteiger partial charge in [0.2, 0.25) is 0 Å². The summed E-state index contributed by atoms with van der Waals surface area (Å²) in [4.78, 5) is 0. The van der Waals surface area contributed by atoms with Crippen molar-refractivity contribution in [2.45, 2.75) is 103 Å². The smallest absolute Gasteiger partial charge is 0.748 e. The number of hydrogen-bond donors (Lipinski definition) is 2. The molecule has 7 nitrogen and oxygen atoms in total. The number of aliphatic hydroxyl groups is 2. The minimum atomic E-state index is -4.85. The van der Waals surface area contributed by atoms with Crippen molar-refractivity contribution in [1.29, 1.82) is 0 Å². The molecule has 0 saturated heterocycles. The average Bonchev–Trinajstić information content (AvgIpc) is 2.65. The van der Waals surface area contributed by atoms with Crippen LogP contribution in [-0.2, 0) is 19.6 Å². The molecule has 29 heavy (non-hydrogen) atoms. The van der Waals surface area contributed by atoms with Crippen LogP contribution in [0, 0.1) is 11.8 Å². The van der Waals surface area contributed by atoms with Crippen LogP contribution in [0.3, 0.4) is 0 Å². The van der Waals surface area contributed by atoms with Crippen molar-refractivity contribution in [3.63, 3.8) is 0 Å². The van der Waals surface area contributed by atoms with Gasteiger partial charge in [0.25, 0.3) is 0 Å². The first-order chi connectivity index (χ1) is 13.2. The van der Waals surface area contributed by atoms with Gasteiger partial charge in [0.05, 0.1) is 13.2 Å². The molecule has 0 aromatic carbocycles. The molecular weight excluding hydrogens is 407 g/mol. The maximum absolute atomic E-state index is 11.6. The second-order valence-corrected chi connectivity index (χ2v) is 9.20. The van der Waals surface area contributed by atoms with Crippen molar-refractivity contribution >= 4 is 10.1 Å². The van der Waals surface area contributed by atoms with Gasteiger partial charge in [0, 0.05) is 6.42 Å². The summed E-state index contributed by atoms with van der Waals surface area (Å²) in [6.45, 7) is 8.66. The van der Waals surface area contributed by atoms with Gasteiger partial charge in [-0.15, -0.1) is 0 Å². The predicted molar refractivity (Wildman–Crippen MR) is 109 cm³/mol. The van der Waals surface area contributed by atoms with Crippen LogP contribution < -0.4 is 29.6 Å². The summed E-state index contributed by atoms with van der Waals surface area (Å²) in [6.07, 6.45) is 4.05. The Balaban J connectivity index is 0. The number of aliphatic hydroxyl groups excluding tert-OH is 2. The Hall–Kier alpha value is 0.750. The second-order valence-electron chi connectivity index (χ2n) is 7.61. The van der Waals surface area contributed by atoms with Gasteiger partial charge in [0.1, 0.15) is 15.4 Å². The number of unbranched alkanes of at least 4 members (excludes halogenated alkanes) is 2. The molecule has 0 radical (unpaired) electrons. The average molecular weight is 449 g/mol. The molecule has 0 aromatic rings. The molecule has 0 aromatic heterocycles. The molecule has 9 heteroatoms. The monoisotopic (exact) mass is 448 g/mol. The van der Waals surface area contributed by atoms with Crippen LogP contribution in [0.1, 0.15) is 85.5 Å². The zero-order chi connectivity index (χ0) is 21.6. The van der Waals surface area contributed by atoms with Crippen molar-refractivity contribution in [3.05, 3.63) is 0 Å². The fourth-order valence-corrected chi connectivity index (χ4v) is 3.79. The molecule has 0 heterocycles. The molecule has 5 unspecified atom stereocenters. The Morgan fingerprint density at radius 3 is 1.69 bits per heavy atom. The first-order valence-corrected chi connectivity index (χ1v) is 12.2. The quantitative estimate of drug-likeness (QED) is 0.177. The van der Waals surface area contributed by atoms with E-state index in [1.165, 1.54) is 0 Å². The van der Waals surface area contributed by atoms with Gasteiger partial charge in [-0.05, 0) is 24.7 Å². The third kappa shape index (κ3) is 15.2. The van der Waals surface area contributed by atoms with Gasteiger partial charge in [0.15, 0.2) is 12.6 Å². The fraction of sp³-hybridized carbons (Fsp3) is 1.00. The molecule has 0 aliphatic heterocycles. The van der Waals surface area contributed by atoms with Crippen molar-refractivity contribution < 1.29 is 62.2 Å². The van der Waals surface area contributed by atoms with E-state index < -0.39 is 34.4 Å². The first-order valence-electron chi connectivity index (χ1n) is 10.7. The zero-order valence-corrected chi connectivity index (χ0v) is 21.8. The SMILES string of the molecule is CCCCC(CC)COC(O)CC(C(O)OCC(CC)CCCC)S(=O)(=O)[O-].[Na+]. The normalized spacial score (nSPS) is 17.2. The van der Waals surface area contributed by atoms with Gasteiger partial charge >= 0.3 is 29.6 Å². The predicted octanol–water partition coefficient (Wildman–Crippen LogP) is 0.397. The Kier molecular flexibility index (Phi) is 20.2. The van der Waals surface area contributed by atoms with Crippen LogP contribution in [0.4, 0.5) is 0 Å². The van der Waals surface area contributed by atoms with E-state index in [0.29, 0.717) is 0 Å². The molecule has 0 fully saturated rings. The molecule has 170 valence electrons. The van der Waals surface area contributed by atoms with Crippen LogP contribution >= 0.6 is 0 Å². The van der Waals surface area contributed by atoms with E-state index in [2.05, 4.69) is 13.8 Å². The maximum Gasteiger partial charge on any atom is 1.00 e. The summed E-state index contributed by atoms with van der Waals surface area (Å²) in [7, 11) is -4.85. The van der Waals surface area contributed by atoms with Crippen LogP contribution in [0.25, 0.3) is 0 Å². The van der Waals surface area contributed by atoms with E-state index in [1.54, 1.807) is 0 Å². The maximum atomic E-state index is 11.6. The summed E-state index contributed by atoms with van der Waals surface area (Å²) < 4.78 is 45.3. The second kappa shape index (κ2) is 18.3. The molecular formula is C20H41NaO7S. The topological polar surface area (TPSA) is 116 Å². The van der Waals surface area contributed by atoms with Crippen LogP contribution in [0.5, 0.6) is 0 Å². The van der Waals surface area contributed by atoms with Gasteiger partial charge in [-0.1, -0.05) is 66.2 Å². The Morgan fingerprint density at radius 2 is 1.31 bits per heavy atom. The van der Waals surface area contributed by atoms with E-state index in [4.69, 9.17) is 9.47 Å². The Morgan fingerprint density at radius 1 is 0.862 bits per heavy atom. The van der Waals surface area contributed by atoms with Crippen LogP contribution in [0.2, 0.25) is 0 Å². The summed E-state index contributed by atoms with van der Waals surface area (Å²) in [5.41, 5.74) is 0. The van der Waals surface area contributed by atoms with E-state index in [1.807, 2.05) is 13.8 Å². The summed E-state index contributed by atoms with van der Waals surface area (Å²) in [5.74, 6) is 0.455. The van der Waals surface area contributed by atoms with Crippen LogP contribution in [-0.4, -0.2) is 54.2 Å². The molecule has 2 N–H and O–H groups in total. The number of ether oxygens (including phenoxy) is 2. The largest absolute Gasteiger partial charge is 1.00 e. The first kappa shape index (κ1) is 31.9. The third-order valence-electron chi connectivity index (χ3n) is 5.24. The van der Waals surface area contributed by atoms with E-state index in [0.717, 1.165) is 51.4 Å². The minimum Gasteiger partial charge on any atom is -0.748 e. The summed E-state index contributed by atoms with van der Waals surface area (Å²) in [5, 5.41) is 18.4. The summed E-state index contributed by atoms with van der Waals surface area (Å²) in [6, 6.07) is 0. The van der Waals surface area contributed by atoms with Gasteiger partial charge in [-0.25, -0.2) is 8.42 Å². The van der Waals surface area contributed by atoms with Gasteiger partial charge < -0.3 is 24.2 Å². The van der Waals surface area contributed by atoms with Gasteiger partial charge in [-0.2, -0.15) is 0 Å². The van der Waals surface area contributed by atoms with E-state index >= 15 is 0 Å². The molecule has 0 aliphatic rings. The van der Waals surface area contributed by atoms with Crippen molar-refractivity contribution in [3.8, 4) is 0 Å². The minimum absolute atomic E-state index is 0. The zero-order valence-electron chi connectivity index (χ0n) is 19.0. The van der Waals surface area contributed by atoms with Gasteiger partial charge in [-0.3, -0.25) is 0 Å². The van der Waals surface area contributed by atoms with Crippen LogP contribution in [0.15, 0.2) is 0 Å².